The minimum Gasteiger partial charge on any atom is -0.353 e. The Morgan fingerprint density at radius 3 is 2.25 bits per heavy atom. The molecule has 2 aliphatic rings. The van der Waals surface area contributed by atoms with E-state index in [1.165, 1.54) is 24.4 Å². The third-order valence-electron chi connectivity index (χ3n) is 7.60. The first-order valence-corrected chi connectivity index (χ1v) is 14.4. The minimum atomic E-state index is -0.501. The van der Waals surface area contributed by atoms with Crippen molar-refractivity contribution >= 4 is 46.5 Å². The molecule has 0 aliphatic carbocycles. The Balaban J connectivity index is 1.09. The standard InChI is InChI=1S/C29H30Cl3F2N5O/c30-23-3-1-20(14-27(23)34)18-37-7-5-22(6-8-37)38-9-11-39(12-10-38)28-25(32)15-21(17-35-28)29(40)36-16-19-2-4-26(33)24(31)13-19/h1-4,13-15,17,22H,5-12,16,18H2,(H,36,40). The van der Waals surface area contributed by atoms with Crippen LogP contribution < -0.4 is 10.2 Å². The van der Waals surface area contributed by atoms with Crippen molar-refractivity contribution in [1.29, 1.82) is 0 Å². The van der Waals surface area contributed by atoms with Gasteiger partial charge in [0.05, 0.1) is 20.6 Å². The van der Waals surface area contributed by atoms with Crippen molar-refractivity contribution in [2.45, 2.75) is 32.0 Å². The van der Waals surface area contributed by atoms with Crippen LogP contribution in [0.2, 0.25) is 15.1 Å². The first-order valence-electron chi connectivity index (χ1n) is 13.3. The van der Waals surface area contributed by atoms with E-state index in [0.717, 1.165) is 64.2 Å². The van der Waals surface area contributed by atoms with Gasteiger partial charge in [0, 0.05) is 51.5 Å². The predicted octanol–water partition coefficient (Wildman–Crippen LogP) is 6.04. The molecule has 3 heterocycles. The van der Waals surface area contributed by atoms with Gasteiger partial charge in [0.2, 0.25) is 0 Å². The highest BCUT2D eigenvalue weighted by atomic mass is 35.5. The zero-order valence-corrected chi connectivity index (χ0v) is 24.1. The van der Waals surface area contributed by atoms with E-state index in [2.05, 4.69) is 25.0 Å². The molecule has 1 amide bonds. The van der Waals surface area contributed by atoms with Gasteiger partial charge in [0.1, 0.15) is 17.5 Å². The molecule has 0 saturated carbocycles. The maximum Gasteiger partial charge on any atom is 0.253 e. The molecular weight excluding hydrogens is 579 g/mol. The van der Waals surface area contributed by atoms with Crippen LogP contribution in [-0.4, -0.2) is 66.0 Å². The molecular formula is C29H30Cl3F2N5O. The Kier molecular flexibility index (Phi) is 9.43. The van der Waals surface area contributed by atoms with Crippen molar-refractivity contribution in [1.82, 2.24) is 20.1 Å². The summed E-state index contributed by atoms with van der Waals surface area (Å²) in [5, 5.41) is 3.38. The molecule has 0 spiro atoms. The minimum absolute atomic E-state index is 0.0124. The van der Waals surface area contributed by atoms with Crippen molar-refractivity contribution in [3.8, 4) is 0 Å². The third kappa shape index (κ3) is 7.04. The highest BCUT2D eigenvalue weighted by Gasteiger charge is 2.28. The number of amides is 1. The van der Waals surface area contributed by atoms with Gasteiger partial charge in [-0.15, -0.1) is 0 Å². The summed E-state index contributed by atoms with van der Waals surface area (Å²) in [6.45, 7) is 6.30. The Labute approximate surface area is 247 Å². The van der Waals surface area contributed by atoms with E-state index >= 15 is 0 Å². The van der Waals surface area contributed by atoms with Crippen LogP contribution in [0.4, 0.5) is 14.6 Å². The normalized spacial score (nSPS) is 17.3. The maximum atomic E-state index is 13.8. The first kappa shape index (κ1) is 29.0. The number of carbonyl (C=O) groups excluding carboxylic acids is 1. The molecule has 1 N–H and O–H groups in total. The van der Waals surface area contributed by atoms with Gasteiger partial charge >= 0.3 is 0 Å². The number of piperazine rings is 1. The Bertz CT molecular complexity index is 1360. The Hall–Kier alpha value is -2.49. The lowest BCUT2D eigenvalue weighted by Gasteiger charge is -2.43. The highest BCUT2D eigenvalue weighted by molar-refractivity contribution is 6.33. The summed E-state index contributed by atoms with van der Waals surface area (Å²) in [6, 6.07) is 11.5. The number of benzene rings is 2. The van der Waals surface area contributed by atoms with Crippen LogP contribution in [0, 0.1) is 11.6 Å². The summed E-state index contributed by atoms with van der Waals surface area (Å²) in [5.41, 5.74) is 1.99. The number of aromatic nitrogens is 1. The van der Waals surface area contributed by atoms with Gasteiger partial charge in [-0.2, -0.15) is 0 Å². The average molecular weight is 609 g/mol. The van der Waals surface area contributed by atoms with Crippen LogP contribution in [0.3, 0.4) is 0 Å². The largest absolute Gasteiger partial charge is 0.353 e. The van der Waals surface area contributed by atoms with Crippen LogP contribution in [-0.2, 0) is 13.1 Å². The van der Waals surface area contributed by atoms with Crippen molar-refractivity contribution in [2.24, 2.45) is 0 Å². The molecule has 2 saturated heterocycles. The maximum absolute atomic E-state index is 13.8. The van der Waals surface area contributed by atoms with Crippen molar-refractivity contribution in [3.63, 3.8) is 0 Å². The van der Waals surface area contributed by atoms with E-state index in [9.17, 15) is 13.6 Å². The van der Waals surface area contributed by atoms with E-state index in [4.69, 9.17) is 34.8 Å². The number of pyridine rings is 1. The quantitative estimate of drug-likeness (QED) is 0.355. The van der Waals surface area contributed by atoms with Gasteiger partial charge in [-0.05, 0) is 67.4 Å². The van der Waals surface area contributed by atoms with Crippen LogP contribution in [0.15, 0.2) is 48.7 Å². The van der Waals surface area contributed by atoms with Crippen molar-refractivity contribution in [2.75, 3.05) is 44.2 Å². The second kappa shape index (κ2) is 13.0. The van der Waals surface area contributed by atoms with E-state index in [-0.39, 0.29) is 28.3 Å². The summed E-state index contributed by atoms with van der Waals surface area (Å²) < 4.78 is 27.1. The zero-order chi connectivity index (χ0) is 28.2. The Morgan fingerprint density at radius 2 is 1.57 bits per heavy atom. The number of halogens is 5. The number of piperidine rings is 1. The average Bonchev–Trinajstić information content (AvgIpc) is 2.96. The summed E-state index contributed by atoms with van der Waals surface area (Å²) in [5.74, 6) is -0.516. The topological polar surface area (TPSA) is 51.7 Å². The summed E-state index contributed by atoms with van der Waals surface area (Å²) in [6.07, 6.45) is 3.68. The fraction of sp³-hybridized carbons (Fsp3) is 0.379. The molecule has 2 fully saturated rings. The van der Waals surface area contributed by atoms with Crippen molar-refractivity contribution in [3.05, 3.63) is 92.1 Å². The molecule has 1 aromatic heterocycles. The predicted molar refractivity (Wildman–Crippen MR) is 155 cm³/mol. The molecule has 2 aromatic carbocycles. The molecule has 0 unspecified atom stereocenters. The number of nitrogens with zero attached hydrogens (tertiary/aromatic N) is 4. The molecule has 0 radical (unpaired) electrons. The van der Waals surface area contributed by atoms with Crippen molar-refractivity contribution < 1.29 is 13.6 Å². The van der Waals surface area contributed by atoms with Gasteiger partial charge in [-0.3, -0.25) is 14.6 Å². The number of hydrogen-bond donors (Lipinski definition) is 1. The van der Waals surface area contributed by atoms with Gasteiger partial charge in [0.15, 0.2) is 0 Å². The fourth-order valence-corrected chi connectivity index (χ4v) is 5.97. The lowest BCUT2D eigenvalue weighted by Crippen LogP contribution is -2.53. The summed E-state index contributed by atoms with van der Waals surface area (Å²) >= 11 is 18.2. The van der Waals surface area contributed by atoms with Crippen LogP contribution in [0.5, 0.6) is 0 Å². The molecule has 0 atom stereocenters. The van der Waals surface area contributed by atoms with Gasteiger partial charge in [-0.25, -0.2) is 13.8 Å². The monoisotopic (exact) mass is 607 g/mol. The summed E-state index contributed by atoms with van der Waals surface area (Å²) in [4.78, 5) is 24.2. The van der Waals surface area contributed by atoms with Gasteiger partial charge in [-0.1, -0.05) is 46.9 Å². The van der Waals surface area contributed by atoms with Crippen LogP contribution in [0.1, 0.15) is 34.3 Å². The highest BCUT2D eigenvalue weighted by Crippen LogP contribution is 2.27. The molecule has 0 bridgehead atoms. The number of nitrogens with one attached hydrogen (secondary N) is 1. The number of carbonyl (C=O) groups is 1. The molecule has 6 nitrogen and oxygen atoms in total. The first-order chi connectivity index (χ1) is 19.3. The van der Waals surface area contributed by atoms with E-state index in [1.807, 2.05) is 6.07 Å². The SMILES string of the molecule is O=C(NCc1ccc(F)c(Cl)c1)c1cnc(N2CCN(C3CCN(Cc4ccc(Cl)c(F)c4)CC3)CC2)c(Cl)c1. The molecule has 11 heteroatoms. The van der Waals surface area contributed by atoms with Crippen LogP contribution in [0.25, 0.3) is 0 Å². The zero-order valence-electron chi connectivity index (χ0n) is 21.9. The number of likely N-dealkylation sites (tertiary alicyclic amines) is 1. The third-order valence-corrected chi connectivity index (χ3v) is 8.47. The van der Waals surface area contributed by atoms with E-state index in [1.54, 1.807) is 18.2 Å². The Morgan fingerprint density at radius 1 is 0.850 bits per heavy atom. The molecule has 3 aromatic rings. The van der Waals surface area contributed by atoms with Gasteiger partial charge in [0.25, 0.3) is 5.91 Å². The van der Waals surface area contributed by atoms with Gasteiger partial charge < -0.3 is 10.2 Å². The molecule has 2 aliphatic heterocycles. The van der Waals surface area contributed by atoms with Crippen LogP contribution >= 0.6 is 34.8 Å². The molecule has 212 valence electrons. The van der Waals surface area contributed by atoms with E-state index in [0.29, 0.717) is 28.0 Å². The van der Waals surface area contributed by atoms with E-state index < -0.39 is 5.82 Å². The lowest BCUT2D eigenvalue weighted by molar-refractivity contribution is 0.0950. The second-order valence-electron chi connectivity index (χ2n) is 10.2. The summed E-state index contributed by atoms with van der Waals surface area (Å²) in [7, 11) is 0. The second-order valence-corrected chi connectivity index (χ2v) is 11.5. The fourth-order valence-electron chi connectivity index (χ4n) is 5.36. The lowest BCUT2D eigenvalue weighted by atomic mass is 10.0. The number of anilines is 1. The molecule has 5 rings (SSSR count). The number of hydrogen-bond acceptors (Lipinski definition) is 5. The number of rotatable bonds is 7. The smallest absolute Gasteiger partial charge is 0.253 e. The molecule has 40 heavy (non-hydrogen) atoms.